The standard InChI is InChI=1S/C8H7BrN2O3S2/c1-15(12)8-10-6-3-2-5(9)4-7(6)16(13,14)11-8/h2-4H,1H3,(H,10,11). The fourth-order valence-corrected chi connectivity index (χ4v) is 3.75. The molecule has 1 unspecified atom stereocenters. The zero-order chi connectivity index (χ0) is 11.9. The van der Waals surface area contributed by atoms with Crippen LogP contribution in [0.4, 0.5) is 5.69 Å². The quantitative estimate of drug-likeness (QED) is 0.781. The Kier molecular flexibility index (Phi) is 2.89. The Morgan fingerprint density at radius 1 is 1.44 bits per heavy atom. The van der Waals surface area contributed by atoms with Crippen LogP contribution in [0.25, 0.3) is 0 Å². The van der Waals surface area contributed by atoms with Crippen molar-refractivity contribution < 1.29 is 12.6 Å². The minimum atomic E-state index is -3.76. The van der Waals surface area contributed by atoms with Crippen molar-refractivity contribution in [1.82, 2.24) is 0 Å². The second-order valence-corrected chi connectivity index (χ2v) is 6.87. The van der Waals surface area contributed by atoms with Gasteiger partial charge in [0.1, 0.15) is 4.90 Å². The number of amidine groups is 1. The van der Waals surface area contributed by atoms with Crippen LogP contribution in [0.5, 0.6) is 0 Å². The van der Waals surface area contributed by atoms with E-state index in [0.29, 0.717) is 10.2 Å². The summed E-state index contributed by atoms with van der Waals surface area (Å²) in [5.74, 6) is 0. The zero-order valence-electron chi connectivity index (χ0n) is 8.10. The highest BCUT2D eigenvalue weighted by Crippen LogP contribution is 2.30. The molecule has 0 radical (unpaired) electrons. The van der Waals surface area contributed by atoms with Crippen molar-refractivity contribution in [2.75, 3.05) is 11.6 Å². The molecule has 0 saturated carbocycles. The molecule has 1 aliphatic rings. The van der Waals surface area contributed by atoms with Crippen LogP contribution in [0.2, 0.25) is 0 Å². The van der Waals surface area contributed by atoms with Crippen LogP contribution in [0.15, 0.2) is 32.0 Å². The number of fused-ring (bicyclic) bond motifs is 1. The average molecular weight is 323 g/mol. The maximum atomic E-state index is 11.8. The van der Waals surface area contributed by atoms with Crippen molar-refractivity contribution in [3.63, 3.8) is 0 Å². The van der Waals surface area contributed by atoms with E-state index in [-0.39, 0.29) is 10.1 Å². The van der Waals surface area contributed by atoms with Crippen LogP contribution in [0.3, 0.4) is 0 Å². The minimum Gasteiger partial charge on any atom is -0.331 e. The van der Waals surface area contributed by atoms with E-state index in [4.69, 9.17) is 0 Å². The lowest BCUT2D eigenvalue weighted by molar-refractivity contribution is 0.598. The van der Waals surface area contributed by atoms with Crippen molar-refractivity contribution >= 4 is 47.6 Å². The highest BCUT2D eigenvalue weighted by Gasteiger charge is 2.26. The van der Waals surface area contributed by atoms with Crippen molar-refractivity contribution in [3.8, 4) is 0 Å². The van der Waals surface area contributed by atoms with Crippen LogP contribution in [-0.2, 0) is 20.8 Å². The number of halogens is 1. The molecule has 5 nitrogen and oxygen atoms in total. The lowest BCUT2D eigenvalue weighted by atomic mass is 10.3. The molecule has 1 N–H and O–H groups in total. The first-order valence-electron chi connectivity index (χ1n) is 4.15. The molecule has 8 heteroatoms. The van der Waals surface area contributed by atoms with Gasteiger partial charge in [-0.25, -0.2) is 0 Å². The van der Waals surface area contributed by atoms with Gasteiger partial charge < -0.3 is 5.32 Å². The third kappa shape index (κ3) is 2.04. The van der Waals surface area contributed by atoms with E-state index >= 15 is 0 Å². The monoisotopic (exact) mass is 322 g/mol. The lowest BCUT2D eigenvalue weighted by Crippen LogP contribution is -2.24. The van der Waals surface area contributed by atoms with Gasteiger partial charge in [0.25, 0.3) is 10.0 Å². The molecule has 1 aromatic rings. The van der Waals surface area contributed by atoms with Gasteiger partial charge in [-0.15, -0.1) is 4.40 Å². The van der Waals surface area contributed by atoms with Gasteiger partial charge in [0.05, 0.1) is 16.5 Å². The summed E-state index contributed by atoms with van der Waals surface area (Å²) in [6, 6.07) is 4.75. The predicted octanol–water partition coefficient (Wildman–Crippen LogP) is 1.30. The number of rotatable bonds is 0. The third-order valence-corrected chi connectivity index (χ3v) is 4.60. The summed E-state index contributed by atoms with van der Waals surface area (Å²) in [6.45, 7) is 0. The van der Waals surface area contributed by atoms with E-state index < -0.39 is 20.8 Å². The molecule has 2 rings (SSSR count). The highest BCUT2D eigenvalue weighted by molar-refractivity contribution is 9.10. The molecule has 0 bridgehead atoms. The summed E-state index contributed by atoms with van der Waals surface area (Å²) in [6.07, 6.45) is 1.37. The maximum Gasteiger partial charge on any atom is 0.286 e. The van der Waals surface area contributed by atoms with E-state index in [2.05, 4.69) is 25.6 Å². The van der Waals surface area contributed by atoms with Gasteiger partial charge in [0, 0.05) is 10.7 Å². The SMILES string of the molecule is CS(=O)C1=NS(=O)(=O)c2cc(Br)ccc2N1. The molecule has 16 heavy (non-hydrogen) atoms. The normalized spacial score (nSPS) is 19.2. The second-order valence-electron chi connectivity index (χ2n) is 3.09. The molecular formula is C8H7BrN2O3S2. The lowest BCUT2D eigenvalue weighted by Gasteiger charge is -2.16. The number of nitrogens with zero attached hydrogens (tertiary/aromatic N) is 1. The van der Waals surface area contributed by atoms with Gasteiger partial charge in [-0.3, -0.25) is 4.21 Å². The largest absolute Gasteiger partial charge is 0.331 e. The first kappa shape index (κ1) is 11.7. The van der Waals surface area contributed by atoms with Gasteiger partial charge in [-0.05, 0) is 18.2 Å². The van der Waals surface area contributed by atoms with Crippen molar-refractivity contribution in [2.24, 2.45) is 4.40 Å². The number of hydrogen-bond acceptors (Lipinski definition) is 4. The molecule has 0 aliphatic carbocycles. The highest BCUT2D eigenvalue weighted by atomic mass is 79.9. The number of anilines is 1. The van der Waals surface area contributed by atoms with Gasteiger partial charge in [0.15, 0.2) is 0 Å². The van der Waals surface area contributed by atoms with Crippen molar-refractivity contribution in [3.05, 3.63) is 22.7 Å². The summed E-state index contributed by atoms with van der Waals surface area (Å²) >= 11 is 3.19. The van der Waals surface area contributed by atoms with Gasteiger partial charge in [0.2, 0.25) is 5.17 Å². The fourth-order valence-electron chi connectivity index (χ4n) is 1.23. The Balaban J connectivity index is 2.66. The zero-order valence-corrected chi connectivity index (χ0v) is 11.3. The topological polar surface area (TPSA) is 75.6 Å². The Hall–Kier alpha value is -0.730. The summed E-state index contributed by atoms with van der Waals surface area (Å²) in [7, 11) is -5.22. The Labute approximate surface area is 104 Å². The fraction of sp³-hybridized carbons (Fsp3) is 0.125. The van der Waals surface area contributed by atoms with Crippen molar-refractivity contribution in [1.29, 1.82) is 0 Å². The molecule has 1 atom stereocenters. The molecule has 0 saturated heterocycles. The van der Waals surface area contributed by atoms with E-state index in [0.717, 1.165) is 0 Å². The van der Waals surface area contributed by atoms with E-state index in [1.807, 2.05) is 0 Å². The Morgan fingerprint density at radius 2 is 2.12 bits per heavy atom. The van der Waals surface area contributed by atoms with Crippen LogP contribution < -0.4 is 5.32 Å². The number of sulfonamides is 1. The molecule has 1 heterocycles. The van der Waals surface area contributed by atoms with Crippen molar-refractivity contribution in [2.45, 2.75) is 4.90 Å². The van der Waals surface area contributed by atoms with E-state index in [9.17, 15) is 12.6 Å². The van der Waals surface area contributed by atoms with Gasteiger partial charge >= 0.3 is 0 Å². The number of benzene rings is 1. The minimum absolute atomic E-state index is 0.0465. The molecule has 86 valence electrons. The number of nitrogens with one attached hydrogen (secondary N) is 1. The van der Waals surface area contributed by atoms with Crippen LogP contribution >= 0.6 is 15.9 Å². The maximum absolute atomic E-state index is 11.8. The first-order chi connectivity index (χ1) is 7.40. The van der Waals surface area contributed by atoms with Crippen LogP contribution in [0.1, 0.15) is 0 Å². The summed E-state index contributed by atoms with van der Waals surface area (Å²) in [5, 5.41) is 2.68. The van der Waals surface area contributed by atoms with Gasteiger partial charge in [-0.1, -0.05) is 15.9 Å². The molecule has 0 amide bonds. The first-order valence-corrected chi connectivity index (χ1v) is 7.94. The van der Waals surface area contributed by atoms with Crippen LogP contribution in [0, 0.1) is 0 Å². The molecule has 1 aromatic carbocycles. The molecule has 0 fully saturated rings. The van der Waals surface area contributed by atoms with Gasteiger partial charge in [-0.2, -0.15) is 8.42 Å². The molecule has 0 aromatic heterocycles. The summed E-state index contributed by atoms with van der Waals surface area (Å²) in [5.41, 5.74) is 0.392. The molecule has 1 aliphatic heterocycles. The second kappa shape index (κ2) is 3.94. The van der Waals surface area contributed by atoms with E-state index in [1.165, 1.54) is 12.3 Å². The Bertz CT molecular complexity index is 610. The number of hydrogen-bond donors (Lipinski definition) is 1. The molecule has 0 spiro atoms. The average Bonchev–Trinajstić information content (AvgIpc) is 2.18. The smallest absolute Gasteiger partial charge is 0.286 e. The Morgan fingerprint density at radius 3 is 2.75 bits per heavy atom. The third-order valence-electron chi connectivity index (χ3n) is 1.94. The van der Waals surface area contributed by atoms with Crippen LogP contribution in [-0.4, -0.2) is 24.1 Å². The summed E-state index contributed by atoms with van der Waals surface area (Å²) in [4.78, 5) is 0.0797. The molecular weight excluding hydrogens is 316 g/mol. The van der Waals surface area contributed by atoms with E-state index in [1.54, 1.807) is 12.1 Å². The summed E-state index contributed by atoms with van der Waals surface area (Å²) < 4.78 is 38.8. The predicted molar refractivity (Wildman–Crippen MR) is 66.5 cm³/mol.